The summed E-state index contributed by atoms with van der Waals surface area (Å²) in [5, 5.41) is 0. The van der Waals surface area contributed by atoms with Crippen LogP contribution in [-0.2, 0) is 18.2 Å². The van der Waals surface area contributed by atoms with Crippen LogP contribution in [0.3, 0.4) is 0 Å². The molecule has 0 saturated heterocycles. The van der Waals surface area contributed by atoms with Gasteiger partial charge in [-0.3, -0.25) is 0 Å². The zero-order valence-corrected chi connectivity index (χ0v) is 18.5. The Kier molecular flexibility index (Phi) is 12.1. The molecule has 0 aliphatic rings. The normalized spacial score (nSPS) is 13.4. The van der Waals surface area contributed by atoms with Crippen molar-refractivity contribution in [1.82, 2.24) is 0 Å². The standard InChI is InChI=1S/C13H21O2PS2.Ba/c1-2-3-4-5-6-9-12-10-7-8-11-13(12)15-16(14,17)18;/h7-8,10-11H,2-6,9H2,1H3,(H2,14,17,18);. The molecule has 19 heavy (non-hydrogen) atoms. The average Bonchev–Trinajstić information content (AvgIpc) is 2.29. The third-order valence-corrected chi connectivity index (χ3v) is 3.64. The van der Waals surface area contributed by atoms with Crippen LogP contribution in [0.4, 0.5) is 0 Å². The summed E-state index contributed by atoms with van der Waals surface area (Å²) < 4.78 is 5.36. The molecule has 0 saturated carbocycles. The van der Waals surface area contributed by atoms with Gasteiger partial charge in [-0.05, 0) is 36.3 Å². The van der Waals surface area contributed by atoms with Crippen molar-refractivity contribution < 1.29 is 9.42 Å². The van der Waals surface area contributed by atoms with Crippen molar-refractivity contribution in [3.05, 3.63) is 29.8 Å². The molecule has 0 heterocycles. The third kappa shape index (κ3) is 9.99. The van der Waals surface area contributed by atoms with Gasteiger partial charge in [0.15, 0.2) is 0 Å². The quantitative estimate of drug-likeness (QED) is 0.272. The first kappa shape index (κ1) is 20.6. The first-order valence-corrected chi connectivity index (χ1v) is 10.2. The van der Waals surface area contributed by atoms with Crippen molar-refractivity contribution in [2.45, 2.75) is 45.4 Å². The summed E-state index contributed by atoms with van der Waals surface area (Å²) in [6, 6.07) is 7.73. The van der Waals surface area contributed by atoms with Crippen LogP contribution in [0.1, 0.15) is 44.6 Å². The van der Waals surface area contributed by atoms with E-state index < -0.39 is 5.69 Å². The molecular formula is C13H21BaO2PS2. The number of benzene rings is 1. The van der Waals surface area contributed by atoms with Crippen LogP contribution in [0.25, 0.3) is 0 Å². The second-order valence-electron chi connectivity index (χ2n) is 4.35. The second-order valence-corrected chi connectivity index (χ2v) is 9.44. The topological polar surface area (TPSA) is 29.5 Å². The fraction of sp³-hybridized carbons (Fsp3) is 0.538. The molecule has 0 fully saturated rings. The van der Waals surface area contributed by atoms with Gasteiger partial charge in [0.1, 0.15) is 5.75 Å². The first-order chi connectivity index (χ1) is 8.53. The number of unbranched alkanes of at least 4 members (excludes halogenated alkanes) is 4. The van der Waals surface area contributed by atoms with E-state index in [0.29, 0.717) is 5.75 Å². The Morgan fingerprint density at radius 3 is 2.47 bits per heavy atom. The molecule has 0 aliphatic heterocycles. The molecule has 0 aromatic heterocycles. The predicted octanol–water partition coefficient (Wildman–Crippen LogP) is 4.34. The van der Waals surface area contributed by atoms with E-state index in [1.54, 1.807) is 0 Å². The SMILES string of the molecule is CCCCCCCc1ccccc1OP(O)(=S)S.[Ba]. The molecule has 104 valence electrons. The molecule has 2 nitrogen and oxygen atoms in total. The average molecular weight is 442 g/mol. The number of hydrogen-bond acceptors (Lipinski definition) is 2. The molecule has 2 radical (unpaired) electrons. The molecule has 0 spiro atoms. The van der Waals surface area contributed by atoms with Crippen molar-refractivity contribution in [1.29, 1.82) is 0 Å². The molecule has 1 aromatic carbocycles. The minimum Gasteiger partial charge on any atom is -0.436 e. The van der Waals surface area contributed by atoms with E-state index >= 15 is 0 Å². The van der Waals surface area contributed by atoms with Crippen molar-refractivity contribution in [2.75, 3.05) is 0 Å². The van der Waals surface area contributed by atoms with Gasteiger partial charge >= 0.3 is 0 Å². The van der Waals surface area contributed by atoms with E-state index in [0.717, 1.165) is 18.4 Å². The maximum absolute atomic E-state index is 9.50. The Morgan fingerprint density at radius 2 is 1.84 bits per heavy atom. The zero-order chi connectivity index (χ0) is 13.4. The summed E-state index contributed by atoms with van der Waals surface area (Å²) >= 11 is 8.71. The van der Waals surface area contributed by atoms with Crippen LogP contribution in [-0.4, -0.2) is 53.8 Å². The summed E-state index contributed by atoms with van der Waals surface area (Å²) in [6.45, 7) is 2.21. The predicted molar refractivity (Wildman–Crippen MR) is 90.8 cm³/mol. The molecule has 1 aromatic rings. The van der Waals surface area contributed by atoms with Gasteiger partial charge in [-0.1, -0.05) is 63.1 Å². The van der Waals surface area contributed by atoms with Gasteiger partial charge in [0.05, 0.1) is 0 Å². The maximum Gasteiger partial charge on any atom is 0.291 e. The third-order valence-electron chi connectivity index (χ3n) is 2.74. The largest absolute Gasteiger partial charge is 0.436 e. The monoisotopic (exact) mass is 442 g/mol. The van der Waals surface area contributed by atoms with Crippen LogP contribution < -0.4 is 4.52 Å². The zero-order valence-electron chi connectivity index (χ0n) is 11.4. The Labute approximate surface area is 167 Å². The first-order valence-electron chi connectivity index (χ1n) is 6.36. The fourth-order valence-corrected chi connectivity index (χ4v) is 2.79. The van der Waals surface area contributed by atoms with Crippen LogP contribution in [0.5, 0.6) is 5.75 Å². The van der Waals surface area contributed by atoms with Gasteiger partial charge in [0.25, 0.3) is 5.69 Å². The van der Waals surface area contributed by atoms with Crippen LogP contribution in [0.15, 0.2) is 24.3 Å². The molecule has 1 N–H and O–H groups in total. The van der Waals surface area contributed by atoms with E-state index in [-0.39, 0.29) is 48.9 Å². The number of aryl methyl sites for hydroxylation is 1. The second kappa shape index (κ2) is 11.2. The molecule has 0 aliphatic carbocycles. The number of hydrogen-bond donors (Lipinski definition) is 2. The minimum atomic E-state index is -2.94. The van der Waals surface area contributed by atoms with E-state index in [1.807, 2.05) is 24.3 Å². The summed E-state index contributed by atoms with van der Waals surface area (Å²) in [5.74, 6) is 0.675. The molecule has 0 amide bonds. The summed E-state index contributed by atoms with van der Waals surface area (Å²) in [7, 11) is 0. The summed E-state index contributed by atoms with van der Waals surface area (Å²) in [4.78, 5) is 9.50. The van der Waals surface area contributed by atoms with Gasteiger partial charge in [-0.15, -0.1) is 0 Å². The van der Waals surface area contributed by atoms with E-state index in [9.17, 15) is 4.89 Å². The van der Waals surface area contributed by atoms with Crippen LogP contribution in [0, 0.1) is 0 Å². The molecule has 0 bridgehead atoms. The Hall–Kier alpha value is 1.55. The van der Waals surface area contributed by atoms with Gasteiger partial charge in [-0.25, -0.2) is 0 Å². The smallest absolute Gasteiger partial charge is 0.291 e. The van der Waals surface area contributed by atoms with Crippen LogP contribution >= 0.6 is 17.9 Å². The Bertz CT molecular complexity index is 409. The fourth-order valence-electron chi connectivity index (χ4n) is 1.85. The van der Waals surface area contributed by atoms with Gasteiger partial charge in [0.2, 0.25) is 0 Å². The van der Waals surface area contributed by atoms with Crippen LogP contribution in [0.2, 0.25) is 0 Å². The number of para-hydroxylation sites is 1. The maximum atomic E-state index is 9.50. The number of rotatable bonds is 8. The Balaban J connectivity index is 0.00000324. The van der Waals surface area contributed by atoms with Crippen molar-refractivity contribution in [2.24, 2.45) is 0 Å². The van der Waals surface area contributed by atoms with Gasteiger partial charge in [0, 0.05) is 48.9 Å². The summed E-state index contributed by atoms with van der Waals surface area (Å²) in [6.07, 6.45) is 7.17. The molecule has 1 unspecified atom stereocenters. The molecular weight excluding hydrogens is 421 g/mol. The Morgan fingerprint density at radius 1 is 1.21 bits per heavy atom. The molecule has 1 atom stereocenters. The molecule has 1 rings (SSSR count). The van der Waals surface area contributed by atoms with E-state index in [2.05, 4.69) is 19.2 Å². The van der Waals surface area contributed by atoms with Crippen molar-refractivity contribution in [3.63, 3.8) is 0 Å². The minimum absolute atomic E-state index is 0. The van der Waals surface area contributed by atoms with Crippen molar-refractivity contribution >= 4 is 78.6 Å². The number of thiol groups is 1. The molecule has 6 heteroatoms. The summed E-state index contributed by atoms with van der Waals surface area (Å²) in [5.41, 5.74) is -1.83. The van der Waals surface area contributed by atoms with E-state index in [1.165, 1.54) is 25.7 Å². The van der Waals surface area contributed by atoms with Gasteiger partial charge < -0.3 is 9.42 Å². The van der Waals surface area contributed by atoms with E-state index in [4.69, 9.17) is 16.3 Å². The van der Waals surface area contributed by atoms with Crippen molar-refractivity contribution in [3.8, 4) is 5.75 Å². The van der Waals surface area contributed by atoms with Gasteiger partial charge in [-0.2, -0.15) is 0 Å².